The van der Waals surface area contributed by atoms with Gasteiger partial charge in [-0.25, -0.2) is 4.39 Å². The van der Waals surface area contributed by atoms with Crippen LogP contribution in [0.5, 0.6) is 0 Å². The summed E-state index contributed by atoms with van der Waals surface area (Å²) in [6.07, 6.45) is 2.25. The molecule has 0 aliphatic heterocycles. The molecule has 2 aromatic carbocycles. The zero-order valence-electron chi connectivity index (χ0n) is 13.5. The molecule has 1 saturated carbocycles. The zero-order chi connectivity index (χ0) is 16.9. The van der Waals surface area contributed by atoms with Crippen molar-refractivity contribution in [1.82, 2.24) is 4.90 Å². The van der Waals surface area contributed by atoms with Crippen molar-refractivity contribution in [2.75, 3.05) is 0 Å². The number of nitrogens with zero attached hydrogens (tertiary/aromatic N) is 1. The number of Topliss-reactive ketones (excluding diaryl/α,β-unsaturated/α-hetero) is 1. The highest BCUT2D eigenvalue weighted by molar-refractivity contribution is 5.97. The fraction of sp³-hybridized carbons (Fsp3) is 0.300. The Morgan fingerprint density at radius 1 is 0.958 bits per heavy atom. The highest BCUT2D eigenvalue weighted by Crippen LogP contribution is 2.29. The molecule has 1 amide bonds. The predicted octanol–water partition coefficient (Wildman–Crippen LogP) is 3.98. The predicted molar refractivity (Wildman–Crippen MR) is 90.0 cm³/mol. The standard InChI is InChI=1S/C20H20FNO2/c21-18-9-5-4-8-16(18)14-22(17-10-11-17)20(24)13-12-19(23)15-6-2-1-3-7-15/h1-9,17H,10-14H2. The van der Waals surface area contributed by atoms with E-state index in [1.54, 1.807) is 35.2 Å². The first-order valence-electron chi connectivity index (χ1n) is 8.26. The highest BCUT2D eigenvalue weighted by Gasteiger charge is 2.32. The molecular formula is C20H20FNO2. The summed E-state index contributed by atoms with van der Waals surface area (Å²) in [5.74, 6) is -0.410. The quantitative estimate of drug-likeness (QED) is 0.722. The average Bonchev–Trinajstić information content (AvgIpc) is 3.44. The van der Waals surface area contributed by atoms with Gasteiger partial charge >= 0.3 is 0 Å². The van der Waals surface area contributed by atoms with Gasteiger partial charge in [-0.15, -0.1) is 0 Å². The van der Waals surface area contributed by atoms with Crippen LogP contribution in [-0.4, -0.2) is 22.6 Å². The maximum atomic E-state index is 13.8. The minimum absolute atomic E-state index is 0.0365. The van der Waals surface area contributed by atoms with E-state index in [2.05, 4.69) is 0 Å². The third kappa shape index (κ3) is 4.07. The molecule has 1 fully saturated rings. The van der Waals surface area contributed by atoms with Crippen LogP contribution in [0.25, 0.3) is 0 Å². The second kappa shape index (κ2) is 7.39. The van der Waals surface area contributed by atoms with Gasteiger partial charge < -0.3 is 4.90 Å². The molecule has 1 aliphatic carbocycles. The summed E-state index contributed by atoms with van der Waals surface area (Å²) in [6.45, 7) is 0.274. The van der Waals surface area contributed by atoms with E-state index >= 15 is 0 Å². The van der Waals surface area contributed by atoms with E-state index in [9.17, 15) is 14.0 Å². The lowest BCUT2D eigenvalue weighted by Gasteiger charge is -2.22. The number of carbonyl (C=O) groups is 2. The topological polar surface area (TPSA) is 37.4 Å². The number of carbonyl (C=O) groups excluding carboxylic acids is 2. The summed E-state index contributed by atoms with van der Waals surface area (Å²) in [7, 11) is 0. The molecule has 0 radical (unpaired) electrons. The summed E-state index contributed by atoms with van der Waals surface area (Å²) >= 11 is 0. The van der Waals surface area contributed by atoms with Crippen molar-refractivity contribution in [3.05, 3.63) is 71.5 Å². The molecule has 0 unspecified atom stereocenters. The van der Waals surface area contributed by atoms with E-state index in [0.717, 1.165) is 12.8 Å². The Labute approximate surface area is 141 Å². The summed E-state index contributed by atoms with van der Waals surface area (Å²) in [4.78, 5) is 26.4. The van der Waals surface area contributed by atoms with Gasteiger partial charge in [-0.2, -0.15) is 0 Å². The molecular weight excluding hydrogens is 305 g/mol. The Bertz CT molecular complexity index is 725. The van der Waals surface area contributed by atoms with Gasteiger partial charge in [-0.1, -0.05) is 48.5 Å². The Morgan fingerprint density at radius 2 is 1.62 bits per heavy atom. The highest BCUT2D eigenvalue weighted by atomic mass is 19.1. The van der Waals surface area contributed by atoms with Crippen LogP contribution in [0, 0.1) is 5.82 Å². The third-order valence-electron chi connectivity index (χ3n) is 4.27. The van der Waals surface area contributed by atoms with Crippen molar-refractivity contribution in [3.8, 4) is 0 Å². The van der Waals surface area contributed by atoms with Crippen molar-refractivity contribution in [3.63, 3.8) is 0 Å². The second-order valence-corrected chi connectivity index (χ2v) is 6.13. The maximum Gasteiger partial charge on any atom is 0.223 e. The van der Waals surface area contributed by atoms with Crippen LogP contribution >= 0.6 is 0 Å². The molecule has 0 aromatic heterocycles. The monoisotopic (exact) mass is 325 g/mol. The van der Waals surface area contributed by atoms with E-state index in [4.69, 9.17) is 0 Å². The summed E-state index contributed by atoms with van der Waals surface area (Å²) in [6, 6.07) is 15.7. The number of halogens is 1. The minimum Gasteiger partial charge on any atom is -0.335 e. The van der Waals surface area contributed by atoms with Crippen LogP contribution in [0.4, 0.5) is 4.39 Å². The summed E-state index contributed by atoms with van der Waals surface area (Å²) < 4.78 is 13.8. The fourth-order valence-electron chi connectivity index (χ4n) is 2.75. The van der Waals surface area contributed by atoms with E-state index in [1.165, 1.54) is 6.07 Å². The first-order chi connectivity index (χ1) is 11.6. The first-order valence-corrected chi connectivity index (χ1v) is 8.26. The second-order valence-electron chi connectivity index (χ2n) is 6.13. The van der Waals surface area contributed by atoms with Crippen molar-refractivity contribution in [2.24, 2.45) is 0 Å². The number of rotatable bonds is 7. The van der Waals surface area contributed by atoms with Crippen LogP contribution in [0.2, 0.25) is 0 Å². The van der Waals surface area contributed by atoms with Gasteiger partial charge in [0.25, 0.3) is 0 Å². The summed E-state index contributed by atoms with van der Waals surface area (Å²) in [5, 5.41) is 0. The normalized spacial score (nSPS) is 13.5. The number of benzene rings is 2. The lowest BCUT2D eigenvalue weighted by molar-refractivity contribution is -0.132. The Morgan fingerprint density at radius 3 is 2.29 bits per heavy atom. The zero-order valence-corrected chi connectivity index (χ0v) is 13.5. The van der Waals surface area contributed by atoms with Crippen LogP contribution in [0.1, 0.15) is 41.6 Å². The molecule has 3 nitrogen and oxygen atoms in total. The molecule has 1 aliphatic rings. The number of hydrogen-bond donors (Lipinski definition) is 0. The van der Waals surface area contributed by atoms with Crippen molar-refractivity contribution >= 4 is 11.7 Å². The van der Waals surface area contributed by atoms with E-state index in [0.29, 0.717) is 11.1 Å². The molecule has 0 atom stereocenters. The van der Waals surface area contributed by atoms with Crippen LogP contribution in [0.3, 0.4) is 0 Å². The molecule has 2 aromatic rings. The van der Waals surface area contributed by atoms with Crippen molar-refractivity contribution in [2.45, 2.75) is 38.3 Å². The molecule has 0 spiro atoms. The third-order valence-corrected chi connectivity index (χ3v) is 4.27. The van der Waals surface area contributed by atoms with Gasteiger partial charge in [-0.3, -0.25) is 9.59 Å². The van der Waals surface area contributed by atoms with E-state index in [1.807, 2.05) is 18.2 Å². The van der Waals surface area contributed by atoms with Gasteiger partial charge in [0.05, 0.1) is 0 Å². The molecule has 4 heteroatoms. The lowest BCUT2D eigenvalue weighted by Crippen LogP contribution is -2.33. The van der Waals surface area contributed by atoms with Gasteiger partial charge in [-0.05, 0) is 18.9 Å². The van der Waals surface area contributed by atoms with Crippen LogP contribution in [-0.2, 0) is 11.3 Å². The van der Waals surface area contributed by atoms with Crippen molar-refractivity contribution < 1.29 is 14.0 Å². The first kappa shape index (κ1) is 16.4. The van der Waals surface area contributed by atoms with Gasteiger partial charge in [0.2, 0.25) is 5.91 Å². The Kier molecular flexibility index (Phi) is 5.04. The van der Waals surface area contributed by atoms with E-state index in [-0.39, 0.29) is 42.9 Å². The fourth-order valence-corrected chi connectivity index (χ4v) is 2.75. The molecule has 124 valence electrons. The molecule has 24 heavy (non-hydrogen) atoms. The van der Waals surface area contributed by atoms with Crippen molar-refractivity contribution in [1.29, 1.82) is 0 Å². The number of hydrogen-bond acceptors (Lipinski definition) is 2. The molecule has 0 bridgehead atoms. The van der Waals surface area contributed by atoms with Gasteiger partial charge in [0, 0.05) is 36.6 Å². The average molecular weight is 325 g/mol. The van der Waals surface area contributed by atoms with Crippen LogP contribution < -0.4 is 0 Å². The molecule has 0 N–H and O–H groups in total. The largest absolute Gasteiger partial charge is 0.335 e. The van der Waals surface area contributed by atoms with Gasteiger partial charge in [0.1, 0.15) is 5.82 Å². The Balaban J connectivity index is 1.61. The molecule has 3 rings (SSSR count). The van der Waals surface area contributed by atoms with Crippen LogP contribution in [0.15, 0.2) is 54.6 Å². The van der Waals surface area contributed by atoms with Gasteiger partial charge in [0.15, 0.2) is 5.78 Å². The summed E-state index contributed by atoms with van der Waals surface area (Å²) in [5.41, 5.74) is 1.14. The minimum atomic E-state index is -0.295. The number of ketones is 1. The Hall–Kier alpha value is -2.49. The molecule has 0 saturated heterocycles. The lowest BCUT2D eigenvalue weighted by atomic mass is 10.1. The SMILES string of the molecule is O=C(CCC(=O)N(Cc1ccccc1F)C1CC1)c1ccccc1. The molecule has 0 heterocycles. The number of amides is 1. The smallest absolute Gasteiger partial charge is 0.223 e. The van der Waals surface area contributed by atoms with E-state index < -0.39 is 0 Å². The maximum absolute atomic E-state index is 13.8.